The first kappa shape index (κ1) is 9.47. The van der Waals surface area contributed by atoms with Gasteiger partial charge in [0.05, 0.1) is 0 Å². The van der Waals surface area contributed by atoms with Crippen LogP contribution < -0.4 is 5.73 Å². The quantitative estimate of drug-likeness (QED) is 0.699. The van der Waals surface area contributed by atoms with Gasteiger partial charge in [0.15, 0.2) is 0 Å². The molecule has 0 aromatic rings. The predicted octanol–water partition coefficient (Wildman–Crippen LogP) is 1.60. The van der Waals surface area contributed by atoms with Crippen LogP contribution in [0, 0.1) is 5.92 Å². The molecule has 0 aromatic heterocycles. The first-order valence-corrected chi connectivity index (χ1v) is 5.67. The summed E-state index contributed by atoms with van der Waals surface area (Å²) in [5.41, 5.74) is 6.33. The lowest BCUT2D eigenvalue weighted by molar-refractivity contribution is 0.0886. The van der Waals surface area contributed by atoms with Gasteiger partial charge in [-0.05, 0) is 45.1 Å². The van der Waals surface area contributed by atoms with E-state index in [2.05, 4.69) is 18.9 Å². The van der Waals surface area contributed by atoms with E-state index in [9.17, 15) is 0 Å². The molecule has 2 saturated carbocycles. The summed E-state index contributed by atoms with van der Waals surface area (Å²) in [5, 5.41) is 0. The molecule has 2 aliphatic carbocycles. The molecule has 0 amide bonds. The Kier molecular flexibility index (Phi) is 2.37. The van der Waals surface area contributed by atoms with E-state index in [4.69, 9.17) is 5.73 Å². The number of hydrogen-bond acceptors (Lipinski definition) is 2. The van der Waals surface area contributed by atoms with E-state index < -0.39 is 0 Å². The molecule has 0 radical (unpaired) electrons. The minimum atomic E-state index is 0.348. The van der Waals surface area contributed by atoms with Crippen molar-refractivity contribution in [2.75, 3.05) is 13.6 Å². The second kappa shape index (κ2) is 3.25. The number of nitrogens with two attached hydrogens (primary N) is 1. The van der Waals surface area contributed by atoms with E-state index >= 15 is 0 Å². The maximum atomic E-state index is 5.98. The Morgan fingerprint density at radius 2 is 1.92 bits per heavy atom. The zero-order valence-corrected chi connectivity index (χ0v) is 8.92. The third-order valence-electron chi connectivity index (χ3n) is 4.10. The fraction of sp³-hybridized carbons (Fsp3) is 1.00. The van der Waals surface area contributed by atoms with Crippen molar-refractivity contribution in [2.45, 2.75) is 50.6 Å². The maximum absolute atomic E-state index is 5.98. The molecular formula is C11H22N2. The minimum Gasteiger partial charge on any atom is -0.329 e. The lowest BCUT2D eigenvalue weighted by Crippen LogP contribution is -2.54. The van der Waals surface area contributed by atoms with Crippen LogP contribution in [-0.2, 0) is 0 Å². The molecule has 2 rings (SSSR count). The molecule has 0 spiro atoms. The van der Waals surface area contributed by atoms with Crippen LogP contribution in [0.4, 0.5) is 0 Å². The topological polar surface area (TPSA) is 29.3 Å². The Hall–Kier alpha value is -0.0800. The van der Waals surface area contributed by atoms with Gasteiger partial charge in [-0.1, -0.05) is 6.92 Å². The van der Waals surface area contributed by atoms with Gasteiger partial charge in [-0.2, -0.15) is 0 Å². The Labute approximate surface area is 81.5 Å². The van der Waals surface area contributed by atoms with Crippen molar-refractivity contribution in [1.29, 1.82) is 0 Å². The molecule has 2 nitrogen and oxygen atoms in total. The van der Waals surface area contributed by atoms with Crippen molar-refractivity contribution in [2.24, 2.45) is 11.7 Å². The van der Waals surface area contributed by atoms with Crippen molar-refractivity contribution in [1.82, 2.24) is 4.90 Å². The summed E-state index contributed by atoms with van der Waals surface area (Å²) in [5.74, 6) is 0.896. The normalized spacial score (nSPS) is 27.7. The number of hydrogen-bond donors (Lipinski definition) is 1. The lowest BCUT2D eigenvalue weighted by Gasteiger charge is -2.41. The van der Waals surface area contributed by atoms with Gasteiger partial charge in [-0.3, -0.25) is 4.90 Å². The van der Waals surface area contributed by atoms with E-state index in [0.717, 1.165) is 18.5 Å². The first-order chi connectivity index (χ1) is 6.24. The SMILES string of the molecule is CCC(CN)(C1CC1)N(C)C1CC1. The van der Waals surface area contributed by atoms with Gasteiger partial charge in [-0.15, -0.1) is 0 Å². The lowest BCUT2D eigenvalue weighted by atomic mass is 9.88. The molecular weight excluding hydrogens is 160 g/mol. The van der Waals surface area contributed by atoms with Crippen LogP contribution in [0.3, 0.4) is 0 Å². The molecule has 0 saturated heterocycles. The molecule has 76 valence electrons. The van der Waals surface area contributed by atoms with E-state index in [0.29, 0.717) is 5.54 Å². The smallest absolute Gasteiger partial charge is 0.0357 e. The van der Waals surface area contributed by atoms with Crippen LogP contribution in [0.15, 0.2) is 0 Å². The molecule has 0 aromatic carbocycles. The van der Waals surface area contributed by atoms with Gasteiger partial charge >= 0.3 is 0 Å². The average Bonchev–Trinajstić information content (AvgIpc) is 3.01. The average molecular weight is 182 g/mol. The molecule has 2 aliphatic rings. The van der Waals surface area contributed by atoms with Crippen LogP contribution in [0.5, 0.6) is 0 Å². The van der Waals surface area contributed by atoms with Crippen LogP contribution in [0.1, 0.15) is 39.0 Å². The zero-order chi connectivity index (χ0) is 9.47. The summed E-state index contributed by atoms with van der Waals surface area (Å²) in [6.45, 7) is 3.14. The van der Waals surface area contributed by atoms with Gasteiger partial charge < -0.3 is 5.73 Å². The third kappa shape index (κ3) is 1.50. The number of likely N-dealkylation sites (N-methyl/N-ethyl adjacent to an activating group) is 1. The molecule has 2 fully saturated rings. The second-order valence-corrected chi connectivity index (χ2v) is 4.78. The van der Waals surface area contributed by atoms with Gasteiger partial charge in [0.2, 0.25) is 0 Å². The van der Waals surface area contributed by atoms with E-state index in [1.54, 1.807) is 0 Å². The van der Waals surface area contributed by atoms with Crippen molar-refractivity contribution in [3.05, 3.63) is 0 Å². The molecule has 1 atom stereocenters. The summed E-state index contributed by atoms with van der Waals surface area (Å²) in [6, 6.07) is 0.851. The third-order valence-corrected chi connectivity index (χ3v) is 4.10. The van der Waals surface area contributed by atoms with Crippen molar-refractivity contribution in [3.8, 4) is 0 Å². The number of rotatable bonds is 5. The minimum absolute atomic E-state index is 0.348. The summed E-state index contributed by atoms with van der Waals surface area (Å²) in [7, 11) is 2.28. The van der Waals surface area contributed by atoms with Crippen molar-refractivity contribution in [3.63, 3.8) is 0 Å². The molecule has 2 heteroatoms. The second-order valence-electron chi connectivity index (χ2n) is 4.78. The van der Waals surface area contributed by atoms with E-state index in [1.165, 1.54) is 32.1 Å². The Morgan fingerprint density at radius 3 is 2.23 bits per heavy atom. The highest BCUT2D eigenvalue weighted by molar-refractivity contribution is 5.05. The van der Waals surface area contributed by atoms with Crippen molar-refractivity contribution < 1.29 is 0 Å². The fourth-order valence-corrected chi connectivity index (χ4v) is 2.73. The molecule has 0 bridgehead atoms. The molecule has 13 heavy (non-hydrogen) atoms. The summed E-state index contributed by atoms with van der Waals surface area (Å²) in [6.07, 6.45) is 6.82. The fourth-order valence-electron chi connectivity index (χ4n) is 2.73. The number of nitrogens with zero attached hydrogens (tertiary/aromatic N) is 1. The van der Waals surface area contributed by atoms with Gasteiger partial charge in [0.1, 0.15) is 0 Å². The van der Waals surface area contributed by atoms with Gasteiger partial charge in [0, 0.05) is 18.1 Å². The van der Waals surface area contributed by atoms with Crippen LogP contribution in [-0.4, -0.2) is 30.1 Å². The Morgan fingerprint density at radius 1 is 1.31 bits per heavy atom. The highest BCUT2D eigenvalue weighted by atomic mass is 15.2. The van der Waals surface area contributed by atoms with Crippen molar-refractivity contribution >= 4 is 0 Å². The van der Waals surface area contributed by atoms with Crippen LogP contribution in [0.2, 0.25) is 0 Å². The van der Waals surface area contributed by atoms with E-state index in [1.807, 2.05) is 0 Å². The molecule has 1 unspecified atom stereocenters. The zero-order valence-electron chi connectivity index (χ0n) is 8.92. The monoisotopic (exact) mass is 182 g/mol. The molecule has 2 N–H and O–H groups in total. The summed E-state index contributed by atoms with van der Waals surface area (Å²) < 4.78 is 0. The van der Waals surface area contributed by atoms with Gasteiger partial charge in [0.25, 0.3) is 0 Å². The largest absolute Gasteiger partial charge is 0.329 e. The highest BCUT2D eigenvalue weighted by Gasteiger charge is 2.49. The maximum Gasteiger partial charge on any atom is 0.0357 e. The molecule has 0 aliphatic heterocycles. The van der Waals surface area contributed by atoms with Crippen LogP contribution in [0.25, 0.3) is 0 Å². The first-order valence-electron chi connectivity index (χ1n) is 5.67. The van der Waals surface area contributed by atoms with E-state index in [-0.39, 0.29) is 0 Å². The predicted molar refractivity (Wildman–Crippen MR) is 55.6 cm³/mol. The van der Waals surface area contributed by atoms with Gasteiger partial charge in [-0.25, -0.2) is 0 Å². The van der Waals surface area contributed by atoms with Crippen LogP contribution >= 0.6 is 0 Å². The Bertz CT molecular complexity index is 179. The summed E-state index contributed by atoms with van der Waals surface area (Å²) in [4.78, 5) is 2.59. The highest BCUT2D eigenvalue weighted by Crippen LogP contribution is 2.47. The summed E-state index contributed by atoms with van der Waals surface area (Å²) >= 11 is 0. The standard InChI is InChI=1S/C11H22N2/c1-3-11(8-12,9-4-5-9)13(2)10-6-7-10/h9-10H,3-8,12H2,1-2H3. The Balaban J connectivity index is 2.08. The molecule has 0 heterocycles.